The van der Waals surface area contributed by atoms with Gasteiger partial charge in [0, 0.05) is 5.69 Å². The van der Waals surface area contributed by atoms with E-state index in [9.17, 15) is 9.59 Å². The number of thioether (sulfide) groups is 1. The summed E-state index contributed by atoms with van der Waals surface area (Å²) in [5.41, 5.74) is 4.31. The van der Waals surface area contributed by atoms with E-state index in [0.29, 0.717) is 30.9 Å². The van der Waals surface area contributed by atoms with Crippen molar-refractivity contribution in [3.8, 4) is 11.5 Å². The lowest BCUT2D eigenvalue weighted by Crippen LogP contribution is -2.27. The maximum Gasteiger partial charge on any atom is 0.270 e. The number of nitrogens with one attached hydrogen (secondary N) is 1. The predicted octanol–water partition coefficient (Wildman–Crippen LogP) is 6.50. The number of benzene rings is 3. The van der Waals surface area contributed by atoms with Gasteiger partial charge >= 0.3 is 0 Å². The number of aryl methyl sites for hydroxylation is 2. The smallest absolute Gasteiger partial charge is 0.270 e. The Morgan fingerprint density at radius 1 is 1.11 bits per heavy atom. The molecule has 1 aliphatic heterocycles. The van der Waals surface area contributed by atoms with E-state index in [1.165, 1.54) is 23.8 Å². The molecule has 1 aliphatic rings. The van der Waals surface area contributed by atoms with Gasteiger partial charge in [0.1, 0.15) is 0 Å². The quantitative estimate of drug-likeness (QED) is 0.253. The number of amides is 2. The molecule has 4 rings (SSSR count). The number of nitrogens with zero attached hydrogens (tertiary/aromatic N) is 1. The second kappa shape index (κ2) is 11.3. The summed E-state index contributed by atoms with van der Waals surface area (Å²) in [5.74, 6) is 0.338. The van der Waals surface area contributed by atoms with E-state index in [-0.39, 0.29) is 18.4 Å². The largest absolute Gasteiger partial charge is 0.493 e. The first-order chi connectivity index (χ1) is 17.2. The van der Waals surface area contributed by atoms with Crippen LogP contribution in [-0.2, 0) is 9.59 Å². The highest BCUT2D eigenvalue weighted by Crippen LogP contribution is 2.40. The number of thiocarbonyl (C=S) groups is 1. The van der Waals surface area contributed by atoms with Gasteiger partial charge in [-0.2, -0.15) is 0 Å². The van der Waals surface area contributed by atoms with Crippen LogP contribution in [0.5, 0.6) is 11.5 Å². The molecule has 0 bridgehead atoms. The Bertz CT molecular complexity index is 1370. The van der Waals surface area contributed by atoms with Crippen molar-refractivity contribution in [2.75, 3.05) is 23.9 Å². The SMILES string of the molecule is COc1cc(/C=C2\SC(=S)N(c3ccc(C)cc3)C2=O)cc(Br)c1OCC(=O)Nc1cccc(C)c1. The first-order valence-electron chi connectivity index (χ1n) is 11.0. The minimum Gasteiger partial charge on any atom is -0.493 e. The van der Waals surface area contributed by atoms with Crippen LogP contribution in [0.4, 0.5) is 11.4 Å². The zero-order valence-corrected chi connectivity index (χ0v) is 23.1. The molecule has 6 nitrogen and oxygen atoms in total. The summed E-state index contributed by atoms with van der Waals surface area (Å²) in [4.78, 5) is 27.5. The summed E-state index contributed by atoms with van der Waals surface area (Å²) >= 11 is 10.2. The average molecular weight is 584 g/mol. The third kappa shape index (κ3) is 5.98. The zero-order valence-electron chi connectivity index (χ0n) is 19.8. The van der Waals surface area contributed by atoms with Crippen molar-refractivity contribution in [2.24, 2.45) is 0 Å². The van der Waals surface area contributed by atoms with Crippen LogP contribution in [0.25, 0.3) is 6.08 Å². The first-order valence-corrected chi connectivity index (χ1v) is 13.0. The molecule has 0 spiro atoms. The Kier molecular flexibility index (Phi) is 8.13. The fraction of sp³-hybridized carbons (Fsp3) is 0.148. The molecule has 184 valence electrons. The summed E-state index contributed by atoms with van der Waals surface area (Å²) in [5, 5.41) is 2.81. The third-order valence-electron chi connectivity index (χ3n) is 5.28. The van der Waals surface area contributed by atoms with Crippen LogP contribution in [0.15, 0.2) is 70.0 Å². The van der Waals surface area contributed by atoms with E-state index in [0.717, 1.165) is 22.4 Å². The number of hydrogen-bond acceptors (Lipinski definition) is 6. The van der Waals surface area contributed by atoms with E-state index in [1.807, 2.05) is 62.4 Å². The van der Waals surface area contributed by atoms with Crippen molar-refractivity contribution in [3.63, 3.8) is 0 Å². The van der Waals surface area contributed by atoms with Gasteiger partial charge in [-0.15, -0.1) is 0 Å². The highest BCUT2D eigenvalue weighted by Gasteiger charge is 2.33. The van der Waals surface area contributed by atoms with Gasteiger partial charge in [0.25, 0.3) is 11.8 Å². The molecule has 0 atom stereocenters. The number of carbonyl (C=O) groups excluding carboxylic acids is 2. The number of carbonyl (C=O) groups is 2. The maximum absolute atomic E-state index is 13.1. The molecule has 0 radical (unpaired) electrons. The molecule has 9 heteroatoms. The molecule has 2 amide bonds. The molecular weight excluding hydrogens is 560 g/mol. The van der Waals surface area contributed by atoms with Crippen molar-refractivity contribution >= 4 is 73.5 Å². The molecule has 1 fully saturated rings. The van der Waals surface area contributed by atoms with Gasteiger partial charge in [0.05, 0.1) is 22.2 Å². The van der Waals surface area contributed by atoms with Crippen LogP contribution >= 0.6 is 39.9 Å². The molecule has 1 N–H and O–H groups in total. The molecule has 0 aliphatic carbocycles. The second-order valence-corrected chi connectivity index (χ2v) is 10.6. The molecule has 36 heavy (non-hydrogen) atoms. The van der Waals surface area contributed by atoms with Crippen LogP contribution in [0.1, 0.15) is 16.7 Å². The molecule has 1 heterocycles. The van der Waals surface area contributed by atoms with Crippen LogP contribution in [0.2, 0.25) is 0 Å². The van der Waals surface area contributed by atoms with Crippen LogP contribution in [0, 0.1) is 13.8 Å². The number of anilines is 2. The number of rotatable bonds is 7. The van der Waals surface area contributed by atoms with Gasteiger partial charge in [0.15, 0.2) is 22.4 Å². The molecule has 3 aromatic rings. The lowest BCUT2D eigenvalue weighted by atomic mass is 10.1. The third-order valence-corrected chi connectivity index (χ3v) is 7.18. The minimum atomic E-state index is -0.293. The standard InChI is InChI=1S/C27H23BrN2O4S2/c1-16-7-9-20(10-8-16)30-26(32)23(36-27(30)35)14-18-12-21(28)25(22(13-18)33-3)34-15-24(31)29-19-6-4-5-17(2)11-19/h4-14H,15H2,1-3H3,(H,29,31)/b23-14-. The predicted molar refractivity (Wildman–Crippen MR) is 153 cm³/mol. The van der Waals surface area contributed by atoms with Gasteiger partial charge in [-0.1, -0.05) is 53.8 Å². The van der Waals surface area contributed by atoms with E-state index >= 15 is 0 Å². The average Bonchev–Trinajstić information content (AvgIpc) is 3.11. The highest BCUT2D eigenvalue weighted by atomic mass is 79.9. The van der Waals surface area contributed by atoms with E-state index in [2.05, 4.69) is 21.2 Å². The van der Waals surface area contributed by atoms with Crippen molar-refractivity contribution in [1.82, 2.24) is 0 Å². The van der Waals surface area contributed by atoms with Crippen molar-refractivity contribution in [1.29, 1.82) is 0 Å². The van der Waals surface area contributed by atoms with Crippen LogP contribution in [-0.4, -0.2) is 29.9 Å². The Morgan fingerprint density at radius 3 is 2.56 bits per heavy atom. The number of hydrogen-bond donors (Lipinski definition) is 1. The lowest BCUT2D eigenvalue weighted by Gasteiger charge is -2.15. The van der Waals surface area contributed by atoms with Gasteiger partial charge in [-0.3, -0.25) is 14.5 Å². The Balaban J connectivity index is 1.50. The molecular formula is C27H23BrN2O4S2. The van der Waals surface area contributed by atoms with E-state index in [4.69, 9.17) is 21.7 Å². The molecule has 3 aromatic carbocycles. The Morgan fingerprint density at radius 2 is 1.86 bits per heavy atom. The normalized spacial score (nSPS) is 14.3. The minimum absolute atomic E-state index is 0.183. The monoisotopic (exact) mass is 582 g/mol. The van der Waals surface area contributed by atoms with Crippen LogP contribution < -0.4 is 19.7 Å². The second-order valence-electron chi connectivity index (χ2n) is 8.09. The molecule has 0 saturated carbocycles. The molecule has 0 aromatic heterocycles. The summed E-state index contributed by atoms with van der Waals surface area (Å²) in [6.07, 6.45) is 1.76. The summed E-state index contributed by atoms with van der Waals surface area (Å²) in [6, 6.07) is 18.7. The van der Waals surface area contributed by atoms with Gasteiger partial charge < -0.3 is 14.8 Å². The number of ether oxygens (including phenoxy) is 2. The summed E-state index contributed by atoms with van der Waals surface area (Å²) in [7, 11) is 1.52. The summed E-state index contributed by atoms with van der Waals surface area (Å²) in [6.45, 7) is 3.75. The van der Waals surface area contributed by atoms with Crippen molar-refractivity contribution in [3.05, 3.63) is 86.7 Å². The van der Waals surface area contributed by atoms with E-state index in [1.54, 1.807) is 18.2 Å². The van der Waals surface area contributed by atoms with Crippen LogP contribution in [0.3, 0.4) is 0 Å². The van der Waals surface area contributed by atoms with Gasteiger partial charge in [-0.25, -0.2) is 0 Å². The van der Waals surface area contributed by atoms with Crippen molar-refractivity contribution < 1.29 is 19.1 Å². The highest BCUT2D eigenvalue weighted by molar-refractivity contribution is 9.10. The number of halogens is 1. The van der Waals surface area contributed by atoms with Gasteiger partial charge in [0.2, 0.25) is 0 Å². The maximum atomic E-state index is 13.1. The zero-order chi connectivity index (χ0) is 25.8. The molecule has 1 saturated heterocycles. The topological polar surface area (TPSA) is 67.9 Å². The Labute approximate surface area is 227 Å². The fourth-order valence-electron chi connectivity index (χ4n) is 3.56. The lowest BCUT2D eigenvalue weighted by molar-refractivity contribution is -0.118. The summed E-state index contributed by atoms with van der Waals surface area (Å²) < 4.78 is 12.3. The number of methoxy groups -OCH3 is 1. The Hall–Kier alpha value is -3.14. The molecule has 0 unspecified atom stereocenters. The van der Waals surface area contributed by atoms with E-state index < -0.39 is 0 Å². The van der Waals surface area contributed by atoms with Crippen molar-refractivity contribution in [2.45, 2.75) is 13.8 Å². The first kappa shape index (κ1) is 25.9. The fourth-order valence-corrected chi connectivity index (χ4v) is 5.43. The van der Waals surface area contributed by atoms with Gasteiger partial charge in [-0.05, 0) is 83.4 Å².